The molecule has 2 aromatic rings. The minimum absolute atomic E-state index is 0.0389. The first-order valence-electron chi connectivity index (χ1n) is 6.07. The molecule has 1 aliphatic rings. The molecule has 1 fully saturated rings. The van der Waals surface area contributed by atoms with Gasteiger partial charge in [0.25, 0.3) is 0 Å². The second-order valence-corrected chi connectivity index (χ2v) is 5.50. The molecule has 0 spiro atoms. The van der Waals surface area contributed by atoms with Gasteiger partial charge >= 0.3 is 0 Å². The van der Waals surface area contributed by atoms with Crippen LogP contribution in [-0.4, -0.2) is 21.4 Å². The highest BCUT2D eigenvalue weighted by Gasteiger charge is 2.43. The summed E-state index contributed by atoms with van der Waals surface area (Å²) in [6.07, 6.45) is 7.42. The molecule has 0 radical (unpaired) electrons. The summed E-state index contributed by atoms with van der Waals surface area (Å²) in [5.74, 6) is 0.561. The van der Waals surface area contributed by atoms with Gasteiger partial charge in [-0.15, -0.1) is 11.8 Å². The van der Waals surface area contributed by atoms with Gasteiger partial charge in [-0.3, -0.25) is 5.10 Å². The molecular formula is C13H16N4S. The standard InChI is InChI=1S/C13H16N4S/c1-18-12-9(4-2-7-15-12)13(5-3-6-13)10-8-11(14)17-16-10/h2,4,7-8H,3,5-6H2,1H3,(H3,14,16,17). The van der Waals surface area contributed by atoms with Crippen molar-refractivity contribution in [2.24, 2.45) is 0 Å². The molecule has 5 heteroatoms. The quantitative estimate of drug-likeness (QED) is 0.832. The zero-order valence-corrected chi connectivity index (χ0v) is 11.1. The molecule has 0 aliphatic heterocycles. The maximum Gasteiger partial charge on any atom is 0.145 e. The van der Waals surface area contributed by atoms with Gasteiger partial charge in [-0.05, 0) is 30.7 Å². The van der Waals surface area contributed by atoms with E-state index in [2.05, 4.69) is 27.5 Å². The minimum Gasteiger partial charge on any atom is -0.382 e. The van der Waals surface area contributed by atoms with Crippen LogP contribution in [0.1, 0.15) is 30.5 Å². The van der Waals surface area contributed by atoms with E-state index in [4.69, 9.17) is 5.73 Å². The summed E-state index contributed by atoms with van der Waals surface area (Å²) in [6, 6.07) is 6.14. The number of hydrogen-bond acceptors (Lipinski definition) is 4. The van der Waals surface area contributed by atoms with Gasteiger partial charge in [-0.2, -0.15) is 5.10 Å². The van der Waals surface area contributed by atoms with E-state index in [1.807, 2.05) is 18.3 Å². The number of thioether (sulfide) groups is 1. The second-order valence-electron chi connectivity index (χ2n) is 4.70. The van der Waals surface area contributed by atoms with Crippen molar-refractivity contribution in [3.05, 3.63) is 35.7 Å². The Balaban J connectivity index is 2.11. The zero-order chi connectivity index (χ0) is 12.6. The molecule has 2 heterocycles. The molecule has 3 N–H and O–H groups in total. The number of aromatic nitrogens is 3. The van der Waals surface area contributed by atoms with Gasteiger partial charge in [0.05, 0.1) is 5.03 Å². The number of H-pyrrole nitrogens is 1. The Morgan fingerprint density at radius 3 is 2.83 bits per heavy atom. The number of aromatic amines is 1. The van der Waals surface area contributed by atoms with E-state index in [9.17, 15) is 0 Å². The number of pyridine rings is 1. The van der Waals surface area contributed by atoms with Crippen LogP contribution >= 0.6 is 11.8 Å². The van der Waals surface area contributed by atoms with Crippen molar-refractivity contribution in [3.8, 4) is 0 Å². The molecule has 1 saturated carbocycles. The van der Waals surface area contributed by atoms with Crippen LogP contribution in [0.15, 0.2) is 29.4 Å². The Bertz CT molecular complexity index is 560. The van der Waals surface area contributed by atoms with E-state index in [0.29, 0.717) is 5.82 Å². The molecule has 18 heavy (non-hydrogen) atoms. The molecule has 4 nitrogen and oxygen atoms in total. The van der Waals surface area contributed by atoms with Gasteiger partial charge < -0.3 is 5.73 Å². The number of rotatable bonds is 3. The first-order chi connectivity index (χ1) is 8.76. The third kappa shape index (κ3) is 1.61. The van der Waals surface area contributed by atoms with E-state index in [1.165, 1.54) is 12.0 Å². The number of nitrogen functional groups attached to an aromatic ring is 1. The smallest absolute Gasteiger partial charge is 0.145 e. The molecule has 2 aromatic heterocycles. The van der Waals surface area contributed by atoms with Crippen LogP contribution in [0, 0.1) is 0 Å². The lowest BCUT2D eigenvalue weighted by atomic mass is 9.63. The maximum atomic E-state index is 5.74. The number of hydrogen-bond donors (Lipinski definition) is 2. The fourth-order valence-electron chi connectivity index (χ4n) is 2.71. The van der Waals surface area contributed by atoms with E-state index >= 15 is 0 Å². The lowest BCUT2D eigenvalue weighted by molar-refractivity contribution is 0.287. The largest absolute Gasteiger partial charge is 0.382 e. The van der Waals surface area contributed by atoms with Crippen LogP contribution in [0.3, 0.4) is 0 Å². The Hall–Kier alpha value is -1.49. The van der Waals surface area contributed by atoms with Crippen LogP contribution in [-0.2, 0) is 5.41 Å². The number of nitrogens with two attached hydrogens (primary N) is 1. The number of anilines is 1. The van der Waals surface area contributed by atoms with Crippen molar-refractivity contribution < 1.29 is 0 Å². The molecule has 3 rings (SSSR count). The van der Waals surface area contributed by atoms with Crippen molar-refractivity contribution >= 4 is 17.6 Å². The molecule has 0 saturated heterocycles. The van der Waals surface area contributed by atoms with Gasteiger partial charge in [0, 0.05) is 23.4 Å². The molecule has 1 aliphatic carbocycles. The average Bonchev–Trinajstić information content (AvgIpc) is 2.75. The first kappa shape index (κ1) is 11.6. The van der Waals surface area contributed by atoms with Crippen LogP contribution in [0.25, 0.3) is 0 Å². The maximum absolute atomic E-state index is 5.74. The highest BCUT2D eigenvalue weighted by atomic mass is 32.2. The molecule has 0 aromatic carbocycles. The fourth-order valence-corrected chi connectivity index (χ4v) is 3.36. The highest BCUT2D eigenvalue weighted by molar-refractivity contribution is 7.98. The van der Waals surface area contributed by atoms with Gasteiger partial charge in [0.15, 0.2) is 0 Å². The number of nitrogens with one attached hydrogen (secondary N) is 1. The van der Waals surface area contributed by atoms with E-state index in [0.717, 1.165) is 23.6 Å². The third-order valence-corrected chi connectivity index (χ3v) is 4.51. The average molecular weight is 260 g/mol. The fraction of sp³-hybridized carbons (Fsp3) is 0.385. The Labute approximate surface area is 110 Å². The van der Waals surface area contributed by atoms with Gasteiger partial charge in [-0.1, -0.05) is 12.5 Å². The predicted molar refractivity (Wildman–Crippen MR) is 73.6 cm³/mol. The zero-order valence-electron chi connectivity index (χ0n) is 10.3. The van der Waals surface area contributed by atoms with Crippen molar-refractivity contribution in [3.63, 3.8) is 0 Å². The highest BCUT2D eigenvalue weighted by Crippen LogP contribution is 2.50. The van der Waals surface area contributed by atoms with Gasteiger partial charge in [0.2, 0.25) is 0 Å². The Morgan fingerprint density at radius 1 is 1.44 bits per heavy atom. The van der Waals surface area contributed by atoms with E-state index < -0.39 is 0 Å². The Kier molecular flexibility index (Phi) is 2.78. The summed E-state index contributed by atoms with van der Waals surface area (Å²) in [6.45, 7) is 0. The van der Waals surface area contributed by atoms with Gasteiger partial charge in [0.1, 0.15) is 5.82 Å². The monoisotopic (exact) mass is 260 g/mol. The van der Waals surface area contributed by atoms with Crippen molar-refractivity contribution in [2.45, 2.75) is 29.7 Å². The summed E-state index contributed by atoms with van der Waals surface area (Å²) in [7, 11) is 0. The first-order valence-corrected chi connectivity index (χ1v) is 7.29. The second kappa shape index (κ2) is 4.31. The molecule has 0 bridgehead atoms. The number of nitrogens with zero attached hydrogens (tertiary/aromatic N) is 2. The molecule has 0 unspecified atom stereocenters. The van der Waals surface area contributed by atoms with Crippen LogP contribution in [0.2, 0.25) is 0 Å². The summed E-state index contributed by atoms with van der Waals surface area (Å²) >= 11 is 1.70. The minimum atomic E-state index is 0.0389. The lowest BCUT2D eigenvalue weighted by Crippen LogP contribution is -2.36. The predicted octanol–water partition coefficient (Wildman–Crippen LogP) is 2.58. The van der Waals surface area contributed by atoms with Crippen LogP contribution in [0.4, 0.5) is 5.82 Å². The third-order valence-electron chi connectivity index (χ3n) is 3.80. The Morgan fingerprint density at radius 2 is 2.28 bits per heavy atom. The topological polar surface area (TPSA) is 67.6 Å². The molecule has 0 atom stereocenters. The van der Waals surface area contributed by atoms with E-state index in [1.54, 1.807) is 11.8 Å². The summed E-state index contributed by atoms with van der Waals surface area (Å²) in [5.41, 5.74) is 8.20. The molecular weight excluding hydrogens is 244 g/mol. The van der Waals surface area contributed by atoms with Crippen LogP contribution < -0.4 is 5.73 Å². The summed E-state index contributed by atoms with van der Waals surface area (Å²) in [5, 5.41) is 8.26. The lowest BCUT2D eigenvalue weighted by Gasteiger charge is -2.42. The van der Waals surface area contributed by atoms with E-state index in [-0.39, 0.29) is 5.41 Å². The molecule has 0 amide bonds. The summed E-state index contributed by atoms with van der Waals surface area (Å²) in [4.78, 5) is 4.47. The van der Waals surface area contributed by atoms with Crippen molar-refractivity contribution in [2.75, 3.05) is 12.0 Å². The van der Waals surface area contributed by atoms with Crippen molar-refractivity contribution in [1.29, 1.82) is 0 Å². The summed E-state index contributed by atoms with van der Waals surface area (Å²) < 4.78 is 0. The molecule has 94 valence electrons. The van der Waals surface area contributed by atoms with Gasteiger partial charge in [-0.25, -0.2) is 4.98 Å². The normalized spacial score (nSPS) is 17.4. The van der Waals surface area contributed by atoms with Crippen LogP contribution in [0.5, 0.6) is 0 Å². The SMILES string of the molecule is CSc1ncccc1C1(c2cc(N)n[nH]2)CCC1. The van der Waals surface area contributed by atoms with Crippen molar-refractivity contribution in [1.82, 2.24) is 15.2 Å².